The third kappa shape index (κ3) is 4.74. The maximum Gasteiger partial charge on any atom is 0.303 e. The van der Waals surface area contributed by atoms with E-state index in [1.165, 1.54) is 5.30 Å². The fourth-order valence-electron chi connectivity index (χ4n) is 1.29. The van der Waals surface area contributed by atoms with Crippen molar-refractivity contribution in [2.75, 3.05) is 0 Å². The number of aliphatic carboxylic acids is 1. The summed E-state index contributed by atoms with van der Waals surface area (Å²) in [5, 5.41) is 9.91. The quantitative estimate of drug-likeness (QED) is 0.713. The van der Waals surface area contributed by atoms with Gasteiger partial charge in [0.15, 0.2) is 0 Å². The Morgan fingerprint density at radius 2 is 2.23 bits per heavy atom. The summed E-state index contributed by atoms with van der Waals surface area (Å²) < 4.78 is 0. The van der Waals surface area contributed by atoms with Crippen LogP contribution in [0.15, 0.2) is 17.9 Å². The number of aryl methyl sites for hydroxylation is 1. The number of carbonyl (C=O) groups is 1. The molecule has 3 heteroatoms. The van der Waals surface area contributed by atoms with Crippen molar-refractivity contribution < 1.29 is 9.90 Å². The van der Waals surface area contributed by atoms with Crippen molar-refractivity contribution in [3.05, 3.63) is 23.2 Å². The molecule has 1 unspecified atom stereocenters. The first-order valence-electron chi connectivity index (χ1n) is 4.63. The Bertz CT molecular complexity index is 241. The van der Waals surface area contributed by atoms with E-state index in [-0.39, 0.29) is 0 Å². The van der Waals surface area contributed by atoms with Gasteiger partial charge in [-0.05, 0) is 30.4 Å². The lowest BCUT2D eigenvalue weighted by atomic mass is 10.1. The Morgan fingerprint density at radius 1 is 1.38 bits per heavy atom. The SMILES string of the molecule is O=C(O)CCCCCc1ccc[pH]1. The predicted octanol–water partition coefficient (Wildman–Crippen LogP) is 2.91. The predicted molar refractivity (Wildman–Crippen MR) is 55.8 cm³/mol. The smallest absolute Gasteiger partial charge is 0.303 e. The van der Waals surface area contributed by atoms with E-state index in [1.807, 2.05) is 0 Å². The second-order valence-electron chi connectivity index (χ2n) is 3.15. The number of unbranched alkanes of at least 4 members (excludes halogenated alkanes) is 2. The molecule has 0 spiro atoms. The Kier molecular flexibility index (Phi) is 4.63. The van der Waals surface area contributed by atoms with Crippen molar-refractivity contribution in [3.63, 3.8) is 0 Å². The van der Waals surface area contributed by atoms with Gasteiger partial charge in [-0.3, -0.25) is 4.79 Å². The maximum absolute atomic E-state index is 10.2. The van der Waals surface area contributed by atoms with E-state index in [1.54, 1.807) is 0 Å². The van der Waals surface area contributed by atoms with Crippen molar-refractivity contribution in [1.29, 1.82) is 0 Å². The lowest BCUT2D eigenvalue weighted by molar-refractivity contribution is -0.137. The highest BCUT2D eigenvalue weighted by molar-refractivity contribution is 7.30. The molecule has 0 fully saturated rings. The highest BCUT2D eigenvalue weighted by Gasteiger charge is 1.97. The molecule has 72 valence electrons. The molecule has 1 rings (SSSR count). The van der Waals surface area contributed by atoms with Crippen LogP contribution in [0.25, 0.3) is 0 Å². The van der Waals surface area contributed by atoms with Crippen LogP contribution in [0, 0.1) is 0 Å². The highest BCUT2D eigenvalue weighted by atomic mass is 31.0. The van der Waals surface area contributed by atoms with Gasteiger partial charge in [0.2, 0.25) is 0 Å². The normalized spacial score (nSPS) is 10.8. The summed E-state index contributed by atoms with van der Waals surface area (Å²) in [6, 6.07) is 4.28. The molecule has 0 aliphatic carbocycles. The number of hydrogen-bond donors (Lipinski definition) is 1. The Balaban J connectivity index is 1.99. The minimum absolute atomic E-state index is 0.319. The molecular weight excluding hydrogens is 183 g/mol. The third-order valence-corrected chi connectivity index (χ3v) is 3.15. The lowest BCUT2D eigenvalue weighted by Gasteiger charge is -1.97. The largest absolute Gasteiger partial charge is 0.481 e. The number of carboxylic acids is 1. The van der Waals surface area contributed by atoms with Crippen LogP contribution in [-0.2, 0) is 11.2 Å². The molecule has 0 aliphatic rings. The van der Waals surface area contributed by atoms with Crippen LogP contribution in [0.5, 0.6) is 0 Å². The first-order chi connectivity index (χ1) is 6.29. The molecule has 0 saturated heterocycles. The van der Waals surface area contributed by atoms with E-state index >= 15 is 0 Å². The van der Waals surface area contributed by atoms with Gasteiger partial charge < -0.3 is 5.11 Å². The molecule has 0 amide bonds. The van der Waals surface area contributed by atoms with Crippen LogP contribution in [0.2, 0.25) is 0 Å². The van der Waals surface area contributed by atoms with E-state index in [2.05, 4.69) is 17.9 Å². The molecule has 2 nitrogen and oxygen atoms in total. The third-order valence-electron chi connectivity index (χ3n) is 2.00. The van der Waals surface area contributed by atoms with Gasteiger partial charge in [0, 0.05) is 6.42 Å². The molecule has 1 aromatic rings. The minimum Gasteiger partial charge on any atom is -0.481 e. The molecule has 1 heterocycles. The second-order valence-corrected chi connectivity index (χ2v) is 4.41. The summed E-state index contributed by atoms with van der Waals surface area (Å²) in [5.41, 5.74) is 0. The van der Waals surface area contributed by atoms with Gasteiger partial charge in [0.05, 0.1) is 0 Å². The van der Waals surface area contributed by atoms with Crippen LogP contribution in [-0.4, -0.2) is 11.1 Å². The van der Waals surface area contributed by atoms with Crippen molar-refractivity contribution in [1.82, 2.24) is 0 Å². The van der Waals surface area contributed by atoms with Gasteiger partial charge >= 0.3 is 5.97 Å². The monoisotopic (exact) mass is 198 g/mol. The Hall–Kier alpha value is -0.750. The molecule has 1 aromatic heterocycles. The van der Waals surface area contributed by atoms with E-state index in [4.69, 9.17) is 5.11 Å². The summed E-state index contributed by atoms with van der Waals surface area (Å²) in [5.74, 6) is 1.51. The average molecular weight is 198 g/mol. The number of carboxylic acid groups (broad SMARTS) is 1. The van der Waals surface area contributed by atoms with E-state index in [0.29, 0.717) is 6.42 Å². The molecule has 0 bridgehead atoms. The van der Waals surface area contributed by atoms with Gasteiger partial charge in [-0.15, -0.1) is 8.19 Å². The van der Waals surface area contributed by atoms with Crippen LogP contribution < -0.4 is 0 Å². The van der Waals surface area contributed by atoms with Gasteiger partial charge in [0.1, 0.15) is 0 Å². The van der Waals surface area contributed by atoms with Crippen molar-refractivity contribution in [3.8, 4) is 0 Å². The number of hydrogen-bond acceptors (Lipinski definition) is 1. The van der Waals surface area contributed by atoms with Gasteiger partial charge in [-0.1, -0.05) is 18.6 Å². The average Bonchev–Trinajstić information content (AvgIpc) is 2.55. The first-order valence-corrected chi connectivity index (χ1v) is 5.71. The van der Waals surface area contributed by atoms with E-state index in [9.17, 15) is 4.79 Å². The molecule has 0 radical (unpaired) electrons. The van der Waals surface area contributed by atoms with Crippen LogP contribution >= 0.6 is 8.19 Å². The molecule has 0 saturated carbocycles. The van der Waals surface area contributed by atoms with E-state index in [0.717, 1.165) is 33.9 Å². The fourth-order valence-corrected chi connectivity index (χ4v) is 2.21. The molecule has 13 heavy (non-hydrogen) atoms. The first kappa shape index (κ1) is 10.3. The fraction of sp³-hybridized carbons (Fsp3) is 0.500. The summed E-state index contributed by atoms with van der Waals surface area (Å²) in [6.45, 7) is 0. The minimum atomic E-state index is -0.677. The Labute approximate surface area is 80.1 Å². The van der Waals surface area contributed by atoms with Gasteiger partial charge in [0.25, 0.3) is 0 Å². The van der Waals surface area contributed by atoms with Gasteiger partial charge in [-0.2, -0.15) is 0 Å². The molecule has 1 N–H and O–H groups in total. The molecule has 1 atom stereocenters. The van der Waals surface area contributed by atoms with Gasteiger partial charge in [-0.25, -0.2) is 0 Å². The Morgan fingerprint density at radius 3 is 2.85 bits per heavy atom. The zero-order chi connectivity index (χ0) is 9.52. The second kappa shape index (κ2) is 5.82. The van der Waals surface area contributed by atoms with E-state index < -0.39 is 5.97 Å². The summed E-state index contributed by atoms with van der Waals surface area (Å²) in [4.78, 5) is 10.2. The maximum atomic E-state index is 10.2. The summed E-state index contributed by atoms with van der Waals surface area (Å²) in [7, 11) is 0.871. The van der Waals surface area contributed by atoms with Crippen LogP contribution in [0.4, 0.5) is 0 Å². The van der Waals surface area contributed by atoms with Crippen LogP contribution in [0.1, 0.15) is 31.0 Å². The zero-order valence-electron chi connectivity index (χ0n) is 7.62. The number of rotatable bonds is 6. The molecule has 0 aliphatic heterocycles. The van der Waals surface area contributed by atoms with Crippen molar-refractivity contribution in [2.45, 2.75) is 32.1 Å². The summed E-state index contributed by atoms with van der Waals surface area (Å²) >= 11 is 0. The summed E-state index contributed by atoms with van der Waals surface area (Å²) in [6.07, 6.45) is 4.45. The standard InChI is InChI=1S/C10H15O2P/c11-10(12)7-3-1-2-5-9-6-4-8-13-9/h4,6,8,13H,1-3,5,7H2,(H,11,12). The lowest BCUT2D eigenvalue weighted by Crippen LogP contribution is -1.93. The molecule has 0 aromatic carbocycles. The van der Waals surface area contributed by atoms with Crippen molar-refractivity contribution >= 4 is 14.2 Å². The molecular formula is C10H15O2P. The zero-order valence-corrected chi connectivity index (χ0v) is 8.62. The highest BCUT2D eigenvalue weighted by Crippen LogP contribution is 2.17. The topological polar surface area (TPSA) is 37.3 Å². The van der Waals surface area contributed by atoms with Crippen LogP contribution in [0.3, 0.4) is 0 Å². The van der Waals surface area contributed by atoms with Crippen molar-refractivity contribution in [2.24, 2.45) is 0 Å².